The van der Waals surface area contributed by atoms with Gasteiger partial charge in [-0.1, -0.05) is 59.6 Å². The lowest BCUT2D eigenvalue weighted by Gasteiger charge is -2.29. The number of benzene rings is 2. The molecule has 0 bridgehead atoms. The van der Waals surface area contributed by atoms with Crippen LogP contribution < -0.4 is 5.32 Å². The number of carbonyl (C=O) groups is 1. The first kappa shape index (κ1) is 20.9. The molecule has 4 rings (SSSR count). The van der Waals surface area contributed by atoms with E-state index in [0.29, 0.717) is 23.0 Å². The van der Waals surface area contributed by atoms with E-state index in [9.17, 15) is 4.79 Å². The lowest BCUT2D eigenvalue weighted by molar-refractivity contribution is 0.0937. The van der Waals surface area contributed by atoms with Crippen molar-refractivity contribution in [3.63, 3.8) is 0 Å². The monoisotopic (exact) mass is 442 g/mol. The molecule has 2 aromatic carbocycles. The zero-order valence-electron chi connectivity index (χ0n) is 16.8. The number of aryl methyl sites for hydroxylation is 1. The van der Waals surface area contributed by atoms with Crippen LogP contribution in [-0.2, 0) is 0 Å². The standard InChI is InChI=1S/C23H24Cl2N4O/c1-16-21(22(25)29(27-16)17-9-3-2-4-10-17)23(30)26-15-20(28-13-7-8-14-28)18-11-5-6-12-19(18)24/h2-6,9-12,20H,7-8,13-15H2,1H3,(H,26,30). The van der Waals surface area contributed by atoms with Crippen molar-refractivity contribution < 1.29 is 4.79 Å². The summed E-state index contributed by atoms with van der Waals surface area (Å²) in [7, 11) is 0. The van der Waals surface area contributed by atoms with E-state index in [1.807, 2.05) is 54.6 Å². The van der Waals surface area contributed by atoms with Gasteiger partial charge in [-0.25, -0.2) is 4.68 Å². The molecule has 1 N–H and O–H groups in total. The molecule has 1 aromatic heterocycles. The normalized spacial score (nSPS) is 15.3. The topological polar surface area (TPSA) is 50.2 Å². The van der Waals surface area contributed by atoms with E-state index in [0.717, 1.165) is 42.2 Å². The fraction of sp³-hybridized carbons (Fsp3) is 0.304. The number of aromatic nitrogens is 2. The molecule has 156 valence electrons. The van der Waals surface area contributed by atoms with E-state index in [1.54, 1.807) is 11.6 Å². The van der Waals surface area contributed by atoms with Gasteiger partial charge in [0.25, 0.3) is 5.91 Å². The van der Waals surface area contributed by atoms with Crippen molar-refractivity contribution >= 4 is 29.1 Å². The zero-order chi connectivity index (χ0) is 21.1. The summed E-state index contributed by atoms with van der Waals surface area (Å²) in [6.07, 6.45) is 2.31. The molecule has 5 nitrogen and oxygen atoms in total. The number of rotatable bonds is 6. The SMILES string of the molecule is Cc1nn(-c2ccccc2)c(Cl)c1C(=O)NCC(c1ccccc1Cl)N1CCCC1. The van der Waals surface area contributed by atoms with Gasteiger partial charge >= 0.3 is 0 Å². The van der Waals surface area contributed by atoms with Gasteiger partial charge in [-0.05, 0) is 56.6 Å². The molecule has 2 heterocycles. The van der Waals surface area contributed by atoms with Crippen LogP contribution in [0.25, 0.3) is 5.69 Å². The van der Waals surface area contributed by atoms with Crippen molar-refractivity contribution in [1.29, 1.82) is 0 Å². The van der Waals surface area contributed by atoms with Crippen molar-refractivity contribution in [2.24, 2.45) is 0 Å². The minimum absolute atomic E-state index is 0.0217. The maximum Gasteiger partial charge on any atom is 0.256 e. The Morgan fingerprint density at radius 2 is 1.73 bits per heavy atom. The van der Waals surface area contributed by atoms with Crippen molar-refractivity contribution in [2.75, 3.05) is 19.6 Å². The summed E-state index contributed by atoms with van der Waals surface area (Å²) in [6.45, 7) is 4.25. The smallest absolute Gasteiger partial charge is 0.256 e. The highest BCUT2D eigenvalue weighted by molar-refractivity contribution is 6.33. The zero-order valence-corrected chi connectivity index (χ0v) is 18.3. The molecular formula is C23H24Cl2N4O. The molecule has 0 radical (unpaired) electrons. The first-order chi connectivity index (χ1) is 14.6. The second-order valence-corrected chi connectivity index (χ2v) is 8.25. The summed E-state index contributed by atoms with van der Waals surface area (Å²) < 4.78 is 1.60. The lowest BCUT2D eigenvalue weighted by atomic mass is 10.1. The molecule has 1 unspecified atom stereocenters. The van der Waals surface area contributed by atoms with E-state index in [-0.39, 0.29) is 11.9 Å². The van der Waals surface area contributed by atoms with Crippen LogP contribution in [0.4, 0.5) is 0 Å². The van der Waals surface area contributed by atoms with Gasteiger partial charge in [0.05, 0.1) is 23.0 Å². The fourth-order valence-electron chi connectivity index (χ4n) is 4.01. The second kappa shape index (κ2) is 9.21. The van der Waals surface area contributed by atoms with Crippen LogP contribution in [0.5, 0.6) is 0 Å². The van der Waals surface area contributed by atoms with E-state index in [4.69, 9.17) is 23.2 Å². The van der Waals surface area contributed by atoms with Crippen LogP contribution >= 0.6 is 23.2 Å². The first-order valence-corrected chi connectivity index (χ1v) is 10.9. The van der Waals surface area contributed by atoms with Crippen molar-refractivity contribution in [3.05, 3.63) is 81.6 Å². The third-order valence-corrected chi connectivity index (χ3v) is 6.23. The van der Waals surface area contributed by atoms with Gasteiger partial charge in [-0.3, -0.25) is 9.69 Å². The third-order valence-electron chi connectivity index (χ3n) is 5.53. The number of nitrogens with one attached hydrogen (secondary N) is 1. The number of nitrogens with zero attached hydrogens (tertiary/aromatic N) is 3. The molecule has 0 saturated carbocycles. The summed E-state index contributed by atoms with van der Waals surface area (Å²) in [5, 5.41) is 8.57. The van der Waals surface area contributed by atoms with Crippen molar-refractivity contribution in [3.8, 4) is 5.69 Å². The molecular weight excluding hydrogens is 419 g/mol. The first-order valence-electron chi connectivity index (χ1n) is 10.1. The van der Waals surface area contributed by atoms with Crippen LogP contribution in [0.15, 0.2) is 54.6 Å². The highest BCUT2D eigenvalue weighted by atomic mass is 35.5. The minimum atomic E-state index is -0.226. The summed E-state index contributed by atoms with van der Waals surface area (Å²) in [5.41, 5.74) is 2.84. The highest BCUT2D eigenvalue weighted by Crippen LogP contribution is 2.30. The average molecular weight is 443 g/mol. The molecule has 0 spiro atoms. The van der Waals surface area contributed by atoms with Gasteiger partial charge < -0.3 is 5.32 Å². The van der Waals surface area contributed by atoms with Gasteiger partial charge in [0.1, 0.15) is 5.15 Å². The number of hydrogen-bond donors (Lipinski definition) is 1. The predicted octanol–water partition coefficient (Wildman–Crippen LogP) is 5.05. The molecule has 1 aliphatic heterocycles. The Kier molecular flexibility index (Phi) is 6.42. The van der Waals surface area contributed by atoms with E-state index in [2.05, 4.69) is 15.3 Å². The van der Waals surface area contributed by atoms with Gasteiger partial charge in [0.2, 0.25) is 0 Å². The fourth-order valence-corrected chi connectivity index (χ4v) is 4.63. The van der Waals surface area contributed by atoms with E-state index >= 15 is 0 Å². The number of halogens is 2. The maximum absolute atomic E-state index is 13.1. The number of para-hydroxylation sites is 1. The Morgan fingerprint density at radius 1 is 1.07 bits per heavy atom. The maximum atomic E-state index is 13.1. The largest absolute Gasteiger partial charge is 0.350 e. The van der Waals surface area contributed by atoms with Gasteiger partial charge in [-0.15, -0.1) is 0 Å². The van der Waals surface area contributed by atoms with Gasteiger partial charge in [0, 0.05) is 11.6 Å². The number of likely N-dealkylation sites (tertiary alicyclic amines) is 1. The quantitative estimate of drug-likeness (QED) is 0.580. The molecule has 1 saturated heterocycles. The highest BCUT2D eigenvalue weighted by Gasteiger charge is 2.27. The summed E-state index contributed by atoms with van der Waals surface area (Å²) >= 11 is 13.0. The molecule has 7 heteroatoms. The predicted molar refractivity (Wildman–Crippen MR) is 121 cm³/mol. The molecule has 1 amide bonds. The Labute approximate surface area is 186 Å². The van der Waals surface area contributed by atoms with Crippen LogP contribution in [0.1, 0.15) is 40.5 Å². The van der Waals surface area contributed by atoms with E-state index < -0.39 is 0 Å². The molecule has 3 aromatic rings. The van der Waals surface area contributed by atoms with Gasteiger partial charge in [-0.2, -0.15) is 5.10 Å². The van der Waals surface area contributed by atoms with E-state index in [1.165, 1.54) is 0 Å². The molecule has 1 atom stereocenters. The molecule has 1 aliphatic rings. The van der Waals surface area contributed by atoms with Crippen LogP contribution in [-0.4, -0.2) is 40.2 Å². The Morgan fingerprint density at radius 3 is 2.43 bits per heavy atom. The van der Waals surface area contributed by atoms with Gasteiger partial charge in [0.15, 0.2) is 0 Å². The van der Waals surface area contributed by atoms with Crippen LogP contribution in [0, 0.1) is 6.92 Å². The summed E-state index contributed by atoms with van der Waals surface area (Å²) in [4.78, 5) is 15.4. The summed E-state index contributed by atoms with van der Waals surface area (Å²) in [5.74, 6) is -0.226. The Balaban J connectivity index is 1.56. The van der Waals surface area contributed by atoms with Crippen LogP contribution in [0.2, 0.25) is 10.2 Å². The molecule has 0 aliphatic carbocycles. The second-order valence-electron chi connectivity index (χ2n) is 7.49. The lowest BCUT2D eigenvalue weighted by Crippen LogP contribution is -2.37. The minimum Gasteiger partial charge on any atom is -0.350 e. The summed E-state index contributed by atoms with van der Waals surface area (Å²) in [6, 6.07) is 17.4. The number of amides is 1. The Hall–Kier alpha value is -2.34. The number of carbonyl (C=O) groups excluding carboxylic acids is 1. The Bertz CT molecular complexity index is 1030. The van der Waals surface area contributed by atoms with Crippen molar-refractivity contribution in [1.82, 2.24) is 20.0 Å². The molecule has 1 fully saturated rings. The van der Waals surface area contributed by atoms with Crippen molar-refractivity contribution in [2.45, 2.75) is 25.8 Å². The molecule has 30 heavy (non-hydrogen) atoms. The number of hydrogen-bond acceptors (Lipinski definition) is 3. The average Bonchev–Trinajstić information content (AvgIpc) is 3.38. The van der Waals surface area contributed by atoms with Crippen LogP contribution in [0.3, 0.4) is 0 Å². The third kappa shape index (κ3) is 4.24.